The highest BCUT2D eigenvalue weighted by molar-refractivity contribution is 6.39. The van der Waals surface area contributed by atoms with Crippen molar-refractivity contribution < 1.29 is 19.2 Å². The van der Waals surface area contributed by atoms with Crippen molar-refractivity contribution >= 4 is 45.8 Å². The molecule has 0 saturated heterocycles. The van der Waals surface area contributed by atoms with Crippen molar-refractivity contribution in [3.05, 3.63) is 75.7 Å². The van der Waals surface area contributed by atoms with Crippen LogP contribution >= 0.6 is 0 Å². The topological polar surface area (TPSA) is 113 Å². The van der Waals surface area contributed by atoms with E-state index in [1.54, 1.807) is 12.1 Å². The summed E-state index contributed by atoms with van der Waals surface area (Å²) in [5, 5.41) is 5.68. The Hall–Kier alpha value is -4.20. The van der Waals surface area contributed by atoms with Crippen molar-refractivity contribution in [1.29, 1.82) is 0 Å². The van der Waals surface area contributed by atoms with Gasteiger partial charge in [-0.25, -0.2) is 4.90 Å². The predicted molar refractivity (Wildman–Crippen MR) is 98.8 cm³/mol. The molecule has 8 nitrogen and oxygen atoms in total. The van der Waals surface area contributed by atoms with Gasteiger partial charge in [-0.1, -0.05) is 12.1 Å². The summed E-state index contributed by atoms with van der Waals surface area (Å²) in [7, 11) is 0. The number of benzene rings is 3. The number of anilines is 1. The zero-order chi connectivity index (χ0) is 19.6. The maximum Gasteiger partial charge on any atom is 0.266 e. The second-order valence-electron chi connectivity index (χ2n) is 6.38. The molecule has 0 aromatic heterocycles. The van der Waals surface area contributed by atoms with Gasteiger partial charge in [-0.15, -0.1) is 4.91 Å². The molecule has 0 atom stereocenters. The normalized spacial score (nSPS) is 15.1. The summed E-state index contributed by atoms with van der Waals surface area (Å²) in [4.78, 5) is 62.7. The first kappa shape index (κ1) is 16.0. The Morgan fingerprint density at radius 3 is 1.75 bits per heavy atom. The first-order valence-corrected chi connectivity index (χ1v) is 8.29. The summed E-state index contributed by atoms with van der Waals surface area (Å²) in [5.41, 5.74) is 0.795. The molecule has 3 aromatic carbocycles. The summed E-state index contributed by atoms with van der Waals surface area (Å²) < 4.78 is 0. The molecule has 2 heterocycles. The Bertz CT molecular complexity index is 1230. The number of carbonyl (C=O) groups is 4. The number of nitroso groups, excluding NO2 is 1. The molecule has 0 spiro atoms. The number of imide groups is 2. The fraction of sp³-hybridized carbons (Fsp3) is 0. The van der Waals surface area contributed by atoms with Crippen LogP contribution in [-0.4, -0.2) is 23.6 Å². The summed E-state index contributed by atoms with van der Waals surface area (Å²) >= 11 is 0. The number of rotatable bonds is 2. The van der Waals surface area contributed by atoms with Crippen LogP contribution in [0, 0.1) is 4.91 Å². The minimum atomic E-state index is -0.657. The van der Waals surface area contributed by atoms with Crippen LogP contribution in [0.1, 0.15) is 41.4 Å². The molecule has 5 rings (SSSR count). The third kappa shape index (κ3) is 1.88. The standard InChI is InChI=1S/C20H9N3O5/c24-17-9-5-7-11-16-12(8-6-10(15(9)16)18(25)21-17)20(27)23(19(11)26)14-4-2-1-3-13(14)22-28/h1-8H,(H,21,24,25). The lowest BCUT2D eigenvalue weighted by Gasteiger charge is -2.29. The third-order valence-electron chi connectivity index (χ3n) is 4.96. The molecular formula is C20H9N3O5. The largest absolute Gasteiger partial charge is 0.288 e. The molecule has 2 aliphatic rings. The number of hydrogen-bond acceptors (Lipinski definition) is 6. The molecule has 4 amide bonds. The smallest absolute Gasteiger partial charge is 0.266 e. The summed E-state index contributed by atoms with van der Waals surface area (Å²) in [5.74, 6) is -2.48. The van der Waals surface area contributed by atoms with Crippen molar-refractivity contribution in [1.82, 2.24) is 5.32 Å². The Balaban J connectivity index is 1.84. The van der Waals surface area contributed by atoms with Gasteiger partial charge in [0.15, 0.2) is 0 Å². The maximum absolute atomic E-state index is 13.2. The second kappa shape index (κ2) is 5.40. The lowest BCUT2D eigenvalue weighted by molar-refractivity contribution is 0.0837. The molecule has 0 unspecified atom stereocenters. The minimum absolute atomic E-state index is 0.0483. The quantitative estimate of drug-likeness (QED) is 0.550. The number of nitrogens with zero attached hydrogens (tertiary/aromatic N) is 2. The minimum Gasteiger partial charge on any atom is -0.288 e. The molecule has 8 heteroatoms. The Morgan fingerprint density at radius 1 is 0.679 bits per heavy atom. The van der Waals surface area contributed by atoms with Crippen molar-refractivity contribution in [3.63, 3.8) is 0 Å². The van der Waals surface area contributed by atoms with Gasteiger partial charge in [-0.2, -0.15) is 0 Å². The molecular weight excluding hydrogens is 362 g/mol. The lowest BCUT2D eigenvalue weighted by atomic mass is 9.86. The van der Waals surface area contributed by atoms with E-state index in [9.17, 15) is 24.1 Å². The zero-order valence-corrected chi connectivity index (χ0v) is 14.1. The Kier molecular flexibility index (Phi) is 3.09. The predicted octanol–water partition coefficient (Wildman–Crippen LogP) is 2.92. The zero-order valence-electron chi connectivity index (χ0n) is 14.1. The average molecular weight is 371 g/mol. The van der Waals surface area contributed by atoms with Gasteiger partial charge in [-0.3, -0.25) is 24.5 Å². The third-order valence-corrected chi connectivity index (χ3v) is 4.96. The molecule has 0 fully saturated rings. The number of amides is 4. The van der Waals surface area contributed by atoms with Gasteiger partial charge in [0.25, 0.3) is 23.6 Å². The monoisotopic (exact) mass is 371 g/mol. The Morgan fingerprint density at radius 2 is 1.18 bits per heavy atom. The molecule has 2 aliphatic heterocycles. The van der Waals surface area contributed by atoms with Crippen molar-refractivity contribution in [2.45, 2.75) is 0 Å². The molecule has 0 bridgehead atoms. The first-order valence-electron chi connectivity index (χ1n) is 8.29. The van der Waals surface area contributed by atoms with Gasteiger partial charge < -0.3 is 0 Å². The van der Waals surface area contributed by atoms with Crippen LogP contribution in [0.5, 0.6) is 0 Å². The van der Waals surface area contributed by atoms with E-state index in [-0.39, 0.29) is 44.4 Å². The van der Waals surface area contributed by atoms with E-state index in [2.05, 4.69) is 10.5 Å². The van der Waals surface area contributed by atoms with E-state index < -0.39 is 23.6 Å². The van der Waals surface area contributed by atoms with Crippen molar-refractivity contribution in [2.75, 3.05) is 4.90 Å². The fourth-order valence-corrected chi connectivity index (χ4v) is 3.75. The number of hydrogen-bond donors (Lipinski definition) is 1. The van der Waals surface area contributed by atoms with E-state index in [0.29, 0.717) is 0 Å². The van der Waals surface area contributed by atoms with Crippen molar-refractivity contribution in [2.24, 2.45) is 5.18 Å². The van der Waals surface area contributed by atoms with Crippen molar-refractivity contribution in [3.8, 4) is 0 Å². The van der Waals surface area contributed by atoms with Crippen LogP contribution in [0.3, 0.4) is 0 Å². The van der Waals surface area contributed by atoms with Gasteiger partial charge in [0.05, 0.1) is 5.69 Å². The molecule has 0 radical (unpaired) electrons. The molecule has 1 N–H and O–H groups in total. The average Bonchev–Trinajstić information content (AvgIpc) is 2.70. The van der Waals surface area contributed by atoms with Crippen LogP contribution in [0.25, 0.3) is 10.8 Å². The van der Waals surface area contributed by atoms with Gasteiger partial charge in [-0.05, 0) is 41.6 Å². The molecule has 28 heavy (non-hydrogen) atoms. The van der Waals surface area contributed by atoms with Crippen LogP contribution < -0.4 is 10.2 Å². The summed E-state index contributed by atoms with van der Waals surface area (Å²) in [6.07, 6.45) is 0. The highest BCUT2D eigenvalue weighted by atomic mass is 16.3. The van der Waals surface area contributed by atoms with Gasteiger partial charge >= 0.3 is 0 Å². The SMILES string of the molecule is O=Nc1ccccc1N1C(=O)c2ccc3c4c(ccc(c24)C1=O)C(=O)NC3=O. The van der Waals surface area contributed by atoms with Gasteiger partial charge in [0.1, 0.15) is 5.69 Å². The highest BCUT2D eigenvalue weighted by Gasteiger charge is 2.38. The van der Waals surface area contributed by atoms with E-state index in [0.717, 1.165) is 4.90 Å². The summed E-state index contributed by atoms with van der Waals surface area (Å²) in [6, 6.07) is 11.8. The van der Waals surface area contributed by atoms with Crippen LogP contribution in [-0.2, 0) is 0 Å². The summed E-state index contributed by atoms with van der Waals surface area (Å²) in [6.45, 7) is 0. The van der Waals surface area contributed by atoms with Gasteiger partial charge in [0, 0.05) is 33.0 Å². The number of nitrogens with one attached hydrogen (secondary N) is 1. The first-order chi connectivity index (χ1) is 13.5. The van der Waals surface area contributed by atoms with Crippen LogP contribution in [0.4, 0.5) is 11.4 Å². The van der Waals surface area contributed by atoms with E-state index >= 15 is 0 Å². The molecule has 134 valence electrons. The maximum atomic E-state index is 13.2. The number of carbonyl (C=O) groups excluding carboxylic acids is 4. The Labute approximate surface area is 156 Å². The molecule has 0 saturated carbocycles. The second-order valence-corrected chi connectivity index (χ2v) is 6.38. The van der Waals surface area contributed by atoms with Crippen LogP contribution in [0.15, 0.2) is 53.7 Å². The van der Waals surface area contributed by atoms with E-state index in [1.165, 1.54) is 36.4 Å². The fourth-order valence-electron chi connectivity index (χ4n) is 3.75. The van der Waals surface area contributed by atoms with Gasteiger partial charge in [0.2, 0.25) is 0 Å². The van der Waals surface area contributed by atoms with E-state index in [1.807, 2.05) is 0 Å². The lowest BCUT2D eigenvalue weighted by Crippen LogP contribution is -2.42. The van der Waals surface area contributed by atoms with Crippen LogP contribution in [0.2, 0.25) is 0 Å². The highest BCUT2D eigenvalue weighted by Crippen LogP contribution is 2.39. The van der Waals surface area contributed by atoms with E-state index in [4.69, 9.17) is 0 Å². The molecule has 3 aromatic rings. The number of para-hydroxylation sites is 1. The molecule has 0 aliphatic carbocycles.